The Morgan fingerprint density at radius 3 is 2.92 bits per heavy atom. The monoisotopic (exact) mass is 359 g/mol. The van der Waals surface area contributed by atoms with Gasteiger partial charge in [0.15, 0.2) is 5.16 Å². The first-order chi connectivity index (χ1) is 11.7. The maximum Gasteiger partial charge on any atom is 0.236 e. The molecule has 0 saturated heterocycles. The van der Waals surface area contributed by atoms with E-state index in [-0.39, 0.29) is 11.7 Å². The van der Waals surface area contributed by atoms with Gasteiger partial charge in [0, 0.05) is 6.42 Å². The Morgan fingerprint density at radius 1 is 1.29 bits per heavy atom. The summed E-state index contributed by atoms with van der Waals surface area (Å²) in [4.78, 5) is 19.5. The van der Waals surface area contributed by atoms with Crippen LogP contribution in [0.25, 0.3) is 11.3 Å². The number of H-pyrrole nitrogens is 1. The van der Waals surface area contributed by atoms with Crippen molar-refractivity contribution in [1.82, 2.24) is 20.2 Å². The number of hydrogen-bond acceptors (Lipinski definition) is 6. The summed E-state index contributed by atoms with van der Waals surface area (Å²) in [5.74, 6) is 0.154. The molecule has 0 fully saturated rings. The first-order valence-electron chi connectivity index (χ1n) is 7.60. The van der Waals surface area contributed by atoms with Gasteiger partial charge in [0.2, 0.25) is 11.0 Å². The molecular formula is C16H17N5OS2. The number of imidazole rings is 1. The fourth-order valence-corrected chi connectivity index (χ4v) is 3.56. The molecule has 2 N–H and O–H groups in total. The van der Waals surface area contributed by atoms with Crippen molar-refractivity contribution in [3.8, 4) is 11.3 Å². The summed E-state index contributed by atoms with van der Waals surface area (Å²) in [5.41, 5.74) is 2.01. The van der Waals surface area contributed by atoms with E-state index in [0.717, 1.165) is 29.1 Å². The average Bonchev–Trinajstić information content (AvgIpc) is 3.24. The molecule has 0 atom stereocenters. The van der Waals surface area contributed by atoms with Crippen LogP contribution in [0.1, 0.15) is 18.4 Å². The molecule has 124 valence electrons. The molecular weight excluding hydrogens is 342 g/mol. The van der Waals surface area contributed by atoms with Gasteiger partial charge in [-0.15, -0.1) is 10.2 Å². The number of anilines is 1. The maximum absolute atomic E-state index is 12.0. The van der Waals surface area contributed by atoms with Gasteiger partial charge in [0.1, 0.15) is 5.01 Å². The molecule has 0 spiro atoms. The third kappa shape index (κ3) is 4.42. The van der Waals surface area contributed by atoms with Crippen LogP contribution in [0, 0.1) is 0 Å². The van der Waals surface area contributed by atoms with E-state index in [9.17, 15) is 4.79 Å². The predicted molar refractivity (Wildman–Crippen MR) is 97.3 cm³/mol. The standard InChI is InChI=1S/C16H17N5OS2/c1-2-6-14-20-21-16(24-14)19-13(22)10-23-15-17-9-12(18-15)11-7-4-3-5-8-11/h3-5,7-9H,2,6,10H2,1H3,(H,17,18)(H,19,21,22). The van der Waals surface area contributed by atoms with Gasteiger partial charge in [0.25, 0.3) is 0 Å². The SMILES string of the molecule is CCCc1nnc(NC(=O)CSc2ncc(-c3ccccc3)[nH]2)s1. The second-order valence-electron chi connectivity index (χ2n) is 5.06. The Hall–Kier alpha value is -2.19. The van der Waals surface area contributed by atoms with Crippen molar-refractivity contribution in [3.63, 3.8) is 0 Å². The maximum atomic E-state index is 12.0. The highest BCUT2D eigenvalue weighted by atomic mass is 32.2. The second-order valence-corrected chi connectivity index (χ2v) is 7.08. The Labute approximate surface area is 148 Å². The summed E-state index contributed by atoms with van der Waals surface area (Å²) in [7, 11) is 0. The Morgan fingerprint density at radius 2 is 2.12 bits per heavy atom. The van der Waals surface area contributed by atoms with Crippen LogP contribution < -0.4 is 5.32 Å². The molecule has 3 aromatic rings. The zero-order chi connectivity index (χ0) is 16.8. The average molecular weight is 359 g/mol. The number of carbonyl (C=O) groups excluding carboxylic acids is 1. The van der Waals surface area contributed by atoms with E-state index in [0.29, 0.717) is 10.3 Å². The molecule has 1 aromatic carbocycles. The van der Waals surface area contributed by atoms with E-state index < -0.39 is 0 Å². The molecule has 3 rings (SSSR count). The molecule has 0 radical (unpaired) electrons. The van der Waals surface area contributed by atoms with Crippen molar-refractivity contribution >= 4 is 34.1 Å². The minimum absolute atomic E-state index is 0.114. The molecule has 0 aliphatic rings. The van der Waals surface area contributed by atoms with Gasteiger partial charge < -0.3 is 4.98 Å². The molecule has 6 nitrogen and oxygen atoms in total. The molecule has 0 unspecified atom stereocenters. The summed E-state index contributed by atoms with van der Waals surface area (Å²) in [6.07, 6.45) is 3.68. The van der Waals surface area contributed by atoms with Crippen molar-refractivity contribution in [2.45, 2.75) is 24.9 Å². The van der Waals surface area contributed by atoms with E-state index >= 15 is 0 Å². The first-order valence-corrected chi connectivity index (χ1v) is 9.40. The van der Waals surface area contributed by atoms with E-state index in [1.807, 2.05) is 30.3 Å². The van der Waals surface area contributed by atoms with Gasteiger partial charge in [-0.2, -0.15) is 0 Å². The lowest BCUT2D eigenvalue weighted by atomic mass is 10.2. The number of aromatic amines is 1. The van der Waals surface area contributed by atoms with Crippen LogP contribution in [0.2, 0.25) is 0 Å². The first kappa shape index (κ1) is 16.7. The van der Waals surface area contributed by atoms with Gasteiger partial charge in [-0.05, 0) is 12.0 Å². The zero-order valence-corrected chi connectivity index (χ0v) is 14.8. The number of nitrogens with one attached hydrogen (secondary N) is 2. The van der Waals surface area contributed by atoms with Crippen LogP contribution in [-0.2, 0) is 11.2 Å². The van der Waals surface area contributed by atoms with Crippen molar-refractivity contribution in [3.05, 3.63) is 41.5 Å². The second kappa shape index (κ2) is 8.07. The predicted octanol–water partition coefficient (Wildman–Crippen LogP) is 3.61. The van der Waals surface area contributed by atoms with Crippen molar-refractivity contribution in [1.29, 1.82) is 0 Å². The van der Waals surface area contributed by atoms with Gasteiger partial charge in [-0.1, -0.05) is 60.4 Å². The molecule has 1 amide bonds. The lowest BCUT2D eigenvalue weighted by Gasteiger charge is -1.99. The van der Waals surface area contributed by atoms with E-state index in [1.165, 1.54) is 23.1 Å². The molecule has 24 heavy (non-hydrogen) atoms. The molecule has 2 heterocycles. The highest BCUT2D eigenvalue weighted by Crippen LogP contribution is 2.22. The van der Waals surface area contributed by atoms with Crippen molar-refractivity contribution in [2.75, 3.05) is 11.1 Å². The number of carbonyl (C=O) groups is 1. The number of thioether (sulfide) groups is 1. The summed E-state index contributed by atoms with van der Waals surface area (Å²) in [6, 6.07) is 9.95. The quantitative estimate of drug-likeness (QED) is 0.630. The lowest BCUT2D eigenvalue weighted by molar-refractivity contribution is -0.113. The van der Waals surface area contributed by atoms with Crippen LogP contribution in [-0.4, -0.2) is 31.8 Å². The van der Waals surface area contributed by atoms with Gasteiger partial charge in [-0.25, -0.2) is 4.98 Å². The third-order valence-electron chi connectivity index (χ3n) is 3.15. The summed E-state index contributed by atoms with van der Waals surface area (Å²) >= 11 is 2.78. The Bertz CT molecular complexity index is 800. The summed E-state index contributed by atoms with van der Waals surface area (Å²) in [5, 5.41) is 13.0. The topological polar surface area (TPSA) is 83.6 Å². The molecule has 0 aliphatic heterocycles. The van der Waals surface area contributed by atoms with Crippen LogP contribution >= 0.6 is 23.1 Å². The van der Waals surface area contributed by atoms with Gasteiger partial charge in [0.05, 0.1) is 17.6 Å². The number of rotatable bonds is 7. The lowest BCUT2D eigenvalue weighted by Crippen LogP contribution is -2.13. The van der Waals surface area contributed by atoms with E-state index in [2.05, 4.69) is 32.4 Å². The fraction of sp³-hybridized carbons (Fsp3) is 0.250. The number of benzene rings is 1. The van der Waals surface area contributed by atoms with E-state index in [1.54, 1.807) is 6.20 Å². The number of nitrogens with zero attached hydrogens (tertiary/aromatic N) is 3. The van der Waals surface area contributed by atoms with E-state index in [4.69, 9.17) is 0 Å². The molecule has 0 aliphatic carbocycles. The van der Waals surface area contributed by atoms with Gasteiger partial charge >= 0.3 is 0 Å². The minimum Gasteiger partial charge on any atom is -0.333 e. The van der Waals surface area contributed by atoms with Crippen LogP contribution in [0.3, 0.4) is 0 Å². The Kier molecular flexibility index (Phi) is 5.60. The number of amides is 1. The highest BCUT2D eigenvalue weighted by Gasteiger charge is 2.10. The summed E-state index contributed by atoms with van der Waals surface area (Å²) < 4.78 is 0. The number of aromatic nitrogens is 4. The largest absolute Gasteiger partial charge is 0.333 e. The molecule has 0 saturated carbocycles. The smallest absolute Gasteiger partial charge is 0.236 e. The van der Waals surface area contributed by atoms with Crippen LogP contribution in [0.4, 0.5) is 5.13 Å². The Balaban J connectivity index is 1.52. The number of aryl methyl sites for hydroxylation is 1. The fourth-order valence-electron chi connectivity index (χ4n) is 2.05. The summed E-state index contributed by atoms with van der Waals surface area (Å²) in [6.45, 7) is 2.09. The van der Waals surface area contributed by atoms with Crippen molar-refractivity contribution < 1.29 is 4.79 Å². The van der Waals surface area contributed by atoms with Gasteiger partial charge in [-0.3, -0.25) is 10.1 Å². The highest BCUT2D eigenvalue weighted by molar-refractivity contribution is 7.99. The zero-order valence-electron chi connectivity index (χ0n) is 13.2. The third-order valence-corrected chi connectivity index (χ3v) is 4.94. The molecule has 8 heteroatoms. The number of hydrogen-bond donors (Lipinski definition) is 2. The minimum atomic E-state index is -0.114. The normalized spacial score (nSPS) is 10.7. The van der Waals surface area contributed by atoms with Crippen LogP contribution in [0.5, 0.6) is 0 Å². The molecule has 2 aromatic heterocycles. The van der Waals surface area contributed by atoms with Crippen LogP contribution in [0.15, 0.2) is 41.7 Å². The molecule has 0 bridgehead atoms. The van der Waals surface area contributed by atoms with Crippen molar-refractivity contribution in [2.24, 2.45) is 0 Å².